The van der Waals surface area contributed by atoms with Gasteiger partial charge in [0.05, 0.1) is 12.5 Å². The van der Waals surface area contributed by atoms with E-state index in [1.54, 1.807) is 24.7 Å². The van der Waals surface area contributed by atoms with Crippen LogP contribution in [0.4, 0.5) is 0 Å². The van der Waals surface area contributed by atoms with E-state index < -0.39 is 0 Å². The monoisotopic (exact) mass is 230 g/mol. The summed E-state index contributed by atoms with van der Waals surface area (Å²) < 4.78 is 20.1. The Labute approximate surface area is 93.2 Å². The summed E-state index contributed by atoms with van der Waals surface area (Å²) in [6, 6.07) is 0. The third-order valence-corrected chi connectivity index (χ3v) is 2.03. The number of ether oxygens (including phenoxy) is 4. The van der Waals surface area contributed by atoms with Gasteiger partial charge in [0.25, 0.3) is 0 Å². The molecule has 0 saturated heterocycles. The van der Waals surface area contributed by atoms with Crippen molar-refractivity contribution in [2.45, 2.75) is 12.2 Å². The Bertz CT molecular complexity index is 226. The van der Waals surface area contributed by atoms with Crippen LogP contribution in [0, 0.1) is 0 Å². The highest BCUT2D eigenvalue weighted by atomic mass is 17.2. The third-order valence-electron chi connectivity index (χ3n) is 2.03. The summed E-state index contributed by atoms with van der Waals surface area (Å²) in [5.41, 5.74) is 0. The largest absolute Gasteiger partial charge is 0.475 e. The first kappa shape index (κ1) is 11.4. The van der Waals surface area contributed by atoms with Crippen LogP contribution in [0.1, 0.15) is 0 Å². The topological polar surface area (TPSA) is 55.4 Å². The normalized spacial score (nSPS) is 28.5. The summed E-state index contributed by atoms with van der Waals surface area (Å²) in [6.45, 7) is 1.15. The van der Waals surface area contributed by atoms with Gasteiger partial charge in [0.2, 0.25) is 0 Å². The van der Waals surface area contributed by atoms with E-state index in [1.165, 1.54) is 0 Å². The first-order chi connectivity index (χ1) is 7.95. The van der Waals surface area contributed by atoms with Gasteiger partial charge in [-0.1, -0.05) is 0 Å². The Hall–Kier alpha value is -1.08. The van der Waals surface area contributed by atoms with E-state index in [-0.39, 0.29) is 25.8 Å². The van der Waals surface area contributed by atoms with E-state index in [2.05, 4.69) is 0 Å². The zero-order valence-electron chi connectivity index (χ0n) is 8.74. The Balaban J connectivity index is 1.54. The Morgan fingerprint density at radius 2 is 1.38 bits per heavy atom. The van der Waals surface area contributed by atoms with E-state index >= 15 is 0 Å². The second kappa shape index (κ2) is 6.49. The molecule has 0 aromatic carbocycles. The van der Waals surface area contributed by atoms with Gasteiger partial charge in [0.1, 0.15) is 25.4 Å². The van der Waals surface area contributed by atoms with Crippen LogP contribution >= 0.6 is 0 Å². The highest BCUT2D eigenvalue weighted by Gasteiger charge is 2.12. The van der Waals surface area contributed by atoms with Crippen LogP contribution < -0.4 is 0 Å². The minimum Gasteiger partial charge on any atom is -0.475 e. The van der Waals surface area contributed by atoms with Crippen LogP contribution in [0.25, 0.3) is 0 Å². The predicted octanol–water partition coefficient (Wildman–Crippen LogP) is 0.708. The fraction of sp³-hybridized carbons (Fsp3) is 0.600. The second-order valence-electron chi connectivity index (χ2n) is 3.21. The zero-order chi connectivity index (χ0) is 11.1. The Morgan fingerprint density at radius 1 is 0.875 bits per heavy atom. The lowest BCUT2D eigenvalue weighted by atomic mass is 10.3. The average molecular weight is 230 g/mol. The van der Waals surface area contributed by atoms with Crippen molar-refractivity contribution in [3.63, 3.8) is 0 Å². The van der Waals surface area contributed by atoms with Gasteiger partial charge in [-0.3, -0.25) is 0 Å². The maximum atomic E-state index is 5.19. The molecule has 0 bridgehead atoms. The van der Waals surface area contributed by atoms with Gasteiger partial charge >= 0.3 is 0 Å². The fourth-order valence-corrected chi connectivity index (χ4v) is 1.17. The minimum absolute atomic E-state index is 0.125. The van der Waals surface area contributed by atoms with E-state index in [9.17, 15) is 0 Å². The van der Waals surface area contributed by atoms with Gasteiger partial charge in [-0.15, -0.1) is 0 Å². The van der Waals surface area contributed by atoms with Crippen molar-refractivity contribution in [2.75, 3.05) is 26.8 Å². The molecule has 2 heterocycles. The smallest absolute Gasteiger partial charge is 0.188 e. The van der Waals surface area contributed by atoms with Gasteiger partial charge in [0.15, 0.2) is 13.6 Å². The van der Waals surface area contributed by atoms with Gasteiger partial charge in [-0.2, -0.15) is 0 Å². The van der Waals surface area contributed by atoms with Crippen molar-refractivity contribution in [1.82, 2.24) is 0 Å². The summed E-state index contributed by atoms with van der Waals surface area (Å²) in [5.74, 6) is 0. The summed E-state index contributed by atoms with van der Waals surface area (Å²) >= 11 is 0. The molecular weight excluding hydrogens is 216 g/mol. The highest BCUT2D eigenvalue weighted by molar-refractivity contribution is 4.86. The van der Waals surface area contributed by atoms with Gasteiger partial charge < -0.3 is 18.9 Å². The molecule has 16 heavy (non-hydrogen) atoms. The van der Waals surface area contributed by atoms with Crippen LogP contribution in [0.5, 0.6) is 0 Å². The predicted molar refractivity (Wildman–Crippen MR) is 51.8 cm³/mol. The number of hydrogen-bond donors (Lipinski definition) is 0. The van der Waals surface area contributed by atoms with Crippen LogP contribution in [-0.4, -0.2) is 39.0 Å². The quantitative estimate of drug-likeness (QED) is 0.394. The van der Waals surface area contributed by atoms with Gasteiger partial charge in [-0.05, 0) is 12.2 Å². The van der Waals surface area contributed by atoms with E-state index in [0.29, 0.717) is 13.2 Å². The molecule has 90 valence electrons. The zero-order valence-corrected chi connectivity index (χ0v) is 8.74. The Kier molecular flexibility index (Phi) is 4.63. The molecule has 0 aromatic heterocycles. The van der Waals surface area contributed by atoms with Crippen molar-refractivity contribution in [3.05, 3.63) is 24.7 Å². The molecule has 0 fully saturated rings. The molecule has 0 N–H and O–H groups in total. The van der Waals surface area contributed by atoms with Crippen molar-refractivity contribution < 1.29 is 28.7 Å². The maximum Gasteiger partial charge on any atom is 0.188 e. The van der Waals surface area contributed by atoms with Gasteiger partial charge in [0, 0.05) is 0 Å². The lowest BCUT2D eigenvalue weighted by molar-refractivity contribution is -0.318. The summed E-state index contributed by atoms with van der Waals surface area (Å²) in [4.78, 5) is 9.98. The molecule has 0 radical (unpaired) electrons. The molecule has 2 aliphatic rings. The maximum absolute atomic E-state index is 5.19. The molecule has 0 spiro atoms. The molecular formula is C10H14O6. The molecule has 0 saturated carbocycles. The average Bonchev–Trinajstić information content (AvgIpc) is 2.37. The summed E-state index contributed by atoms with van der Waals surface area (Å²) in [7, 11) is 0. The molecule has 0 aliphatic carbocycles. The molecule has 6 nitrogen and oxygen atoms in total. The number of hydrogen-bond acceptors (Lipinski definition) is 6. The molecule has 6 heteroatoms. The van der Waals surface area contributed by atoms with Crippen LogP contribution in [0.15, 0.2) is 24.7 Å². The van der Waals surface area contributed by atoms with Crippen molar-refractivity contribution in [2.24, 2.45) is 0 Å². The lowest BCUT2D eigenvalue weighted by Crippen LogP contribution is -2.25. The second-order valence-corrected chi connectivity index (χ2v) is 3.21. The SMILES string of the molecule is C1=CC(COOCC2C=COCO2)OCO1. The van der Waals surface area contributed by atoms with Crippen molar-refractivity contribution in [1.29, 1.82) is 0 Å². The summed E-state index contributed by atoms with van der Waals surface area (Å²) in [6.07, 6.45) is 6.44. The standard InChI is InChI=1S/C10H14O6/c1-3-11-7-13-9(1)5-15-16-6-10-2-4-12-8-14-10/h1-4,9-10H,5-8H2. The minimum atomic E-state index is -0.125. The van der Waals surface area contributed by atoms with E-state index in [4.69, 9.17) is 28.7 Å². The van der Waals surface area contributed by atoms with Crippen molar-refractivity contribution in [3.8, 4) is 0 Å². The fourth-order valence-electron chi connectivity index (χ4n) is 1.17. The first-order valence-corrected chi connectivity index (χ1v) is 4.99. The molecule has 0 amide bonds. The van der Waals surface area contributed by atoms with Gasteiger partial charge in [-0.25, -0.2) is 9.78 Å². The van der Waals surface area contributed by atoms with Crippen molar-refractivity contribution >= 4 is 0 Å². The van der Waals surface area contributed by atoms with Crippen LogP contribution in [-0.2, 0) is 28.7 Å². The first-order valence-electron chi connectivity index (χ1n) is 4.99. The van der Waals surface area contributed by atoms with Crippen LogP contribution in [0.2, 0.25) is 0 Å². The van der Waals surface area contributed by atoms with E-state index in [0.717, 1.165) is 0 Å². The number of rotatable bonds is 5. The van der Waals surface area contributed by atoms with E-state index in [1.807, 2.05) is 0 Å². The third kappa shape index (κ3) is 3.82. The highest BCUT2D eigenvalue weighted by Crippen LogP contribution is 2.05. The molecule has 2 atom stereocenters. The Morgan fingerprint density at radius 3 is 1.75 bits per heavy atom. The summed E-state index contributed by atoms with van der Waals surface area (Å²) in [5, 5.41) is 0. The van der Waals surface area contributed by atoms with Crippen LogP contribution in [0.3, 0.4) is 0 Å². The lowest BCUT2D eigenvalue weighted by Gasteiger charge is -2.19. The molecule has 2 aliphatic heterocycles. The molecule has 0 aromatic rings. The molecule has 2 unspecified atom stereocenters. The molecule has 2 rings (SSSR count).